The Labute approximate surface area is 205 Å². The third-order valence-corrected chi connectivity index (χ3v) is 7.76. The molecule has 0 saturated heterocycles. The monoisotopic (exact) mass is 482 g/mol. The van der Waals surface area contributed by atoms with Gasteiger partial charge in [0.25, 0.3) is 0 Å². The van der Waals surface area contributed by atoms with Crippen LogP contribution in [-0.4, -0.2) is 24.9 Å². The molecule has 1 N–H and O–H groups in total. The van der Waals surface area contributed by atoms with E-state index in [4.69, 9.17) is 14.2 Å². The smallest absolute Gasteiger partial charge is 0.412 e. The minimum absolute atomic E-state index is 0.449. The van der Waals surface area contributed by atoms with Gasteiger partial charge in [0.2, 0.25) is 0 Å². The van der Waals surface area contributed by atoms with Crippen molar-refractivity contribution < 1.29 is 19.0 Å². The van der Waals surface area contributed by atoms with E-state index in [0.29, 0.717) is 18.2 Å². The lowest BCUT2D eigenvalue weighted by Crippen LogP contribution is -2.26. The number of aromatic nitrogens is 1. The number of thiophene rings is 1. The second kappa shape index (κ2) is 11.0. The Bertz CT molecular complexity index is 1130. The van der Waals surface area contributed by atoms with Gasteiger partial charge in [-0.1, -0.05) is 19.3 Å². The van der Waals surface area contributed by atoms with Crippen molar-refractivity contribution in [2.75, 3.05) is 14.2 Å². The number of carbonyl (C=O) groups is 1. The first-order valence-corrected chi connectivity index (χ1v) is 12.8. The van der Waals surface area contributed by atoms with E-state index >= 15 is 0 Å². The lowest BCUT2D eigenvalue weighted by molar-refractivity contribution is 0.199. The Hall–Kier alpha value is -2.93. The molecular weight excluding hydrogens is 448 g/mol. The summed E-state index contributed by atoms with van der Waals surface area (Å²) in [5, 5.41) is 4.92. The Kier molecular flexibility index (Phi) is 7.83. The minimum atomic E-state index is -0.449. The number of ether oxygens (including phenoxy) is 3. The van der Waals surface area contributed by atoms with E-state index < -0.39 is 6.09 Å². The quantitative estimate of drug-likeness (QED) is 0.387. The van der Waals surface area contributed by atoms with E-state index in [1.54, 1.807) is 25.6 Å². The van der Waals surface area contributed by atoms with E-state index in [0.717, 1.165) is 39.9 Å². The van der Waals surface area contributed by atoms with Crippen LogP contribution in [-0.2, 0) is 13.1 Å². The normalized spacial score (nSPS) is 14.1. The number of nitrogens with zero attached hydrogens (tertiary/aromatic N) is 1. The highest BCUT2D eigenvalue weighted by molar-refractivity contribution is 7.10. The van der Waals surface area contributed by atoms with Crippen LogP contribution in [0.4, 0.5) is 4.79 Å². The predicted molar refractivity (Wildman–Crippen MR) is 136 cm³/mol. The number of hydrogen-bond acceptors (Lipinski definition) is 5. The Morgan fingerprint density at radius 2 is 1.85 bits per heavy atom. The second-order valence-corrected chi connectivity index (χ2v) is 9.93. The summed E-state index contributed by atoms with van der Waals surface area (Å²) in [7, 11) is 3.33. The number of methoxy groups -OCH3 is 2. The molecular formula is C27H34N2O4S. The maximum Gasteiger partial charge on any atom is 0.412 e. The summed E-state index contributed by atoms with van der Waals surface area (Å²) >= 11 is 1.63. The minimum Gasteiger partial charge on any atom is -0.497 e. The molecule has 0 radical (unpaired) electrons. The van der Waals surface area contributed by atoms with Crippen molar-refractivity contribution in [3.8, 4) is 28.5 Å². The van der Waals surface area contributed by atoms with Gasteiger partial charge in [-0.25, -0.2) is 4.79 Å². The van der Waals surface area contributed by atoms with E-state index in [1.165, 1.54) is 37.7 Å². The maximum absolute atomic E-state index is 12.7. The Morgan fingerprint density at radius 1 is 1.06 bits per heavy atom. The fourth-order valence-corrected chi connectivity index (χ4v) is 5.54. The number of amides is 1. The number of rotatable bonds is 8. The van der Waals surface area contributed by atoms with Crippen LogP contribution in [0.5, 0.6) is 17.2 Å². The van der Waals surface area contributed by atoms with Gasteiger partial charge in [0.1, 0.15) is 11.5 Å². The molecule has 0 spiro atoms. The molecule has 0 unspecified atom stereocenters. The molecule has 3 aromatic rings. The molecule has 0 bridgehead atoms. The fraction of sp³-hybridized carbons (Fsp3) is 0.444. The molecule has 182 valence electrons. The summed E-state index contributed by atoms with van der Waals surface area (Å²) in [5.41, 5.74) is 4.00. The Morgan fingerprint density at radius 3 is 2.53 bits per heavy atom. The molecule has 34 heavy (non-hydrogen) atoms. The van der Waals surface area contributed by atoms with Gasteiger partial charge in [-0.2, -0.15) is 0 Å². The third kappa shape index (κ3) is 5.41. The van der Waals surface area contributed by atoms with Crippen LogP contribution in [0.1, 0.15) is 48.2 Å². The number of benzene rings is 1. The highest BCUT2D eigenvalue weighted by Crippen LogP contribution is 2.39. The average molecular weight is 483 g/mol. The van der Waals surface area contributed by atoms with Gasteiger partial charge < -0.3 is 24.1 Å². The standard InChI is InChI=1S/C27H34N2O4S/c1-18-12-13-34-26(18)16-28-27(30)33-25-15-23(22-14-21(31-3)10-11-24(22)32-4)29(19(25)2)17-20-8-6-5-7-9-20/h10-15,20H,5-9,16-17H2,1-4H3,(H,28,30). The molecule has 4 rings (SSSR count). The van der Waals surface area contributed by atoms with Crippen molar-refractivity contribution in [3.05, 3.63) is 51.8 Å². The molecule has 1 amide bonds. The zero-order chi connectivity index (χ0) is 24.1. The molecule has 0 atom stereocenters. The first-order valence-electron chi connectivity index (χ1n) is 11.9. The van der Waals surface area contributed by atoms with Gasteiger partial charge in [-0.3, -0.25) is 0 Å². The topological polar surface area (TPSA) is 61.7 Å². The average Bonchev–Trinajstić information content (AvgIpc) is 3.40. The Balaban J connectivity index is 1.64. The van der Waals surface area contributed by atoms with Crippen molar-refractivity contribution in [2.24, 2.45) is 5.92 Å². The molecule has 1 aromatic carbocycles. The number of aryl methyl sites for hydroxylation is 1. The van der Waals surface area contributed by atoms with Crippen LogP contribution in [0.15, 0.2) is 35.7 Å². The molecule has 1 aliphatic rings. The lowest BCUT2D eigenvalue weighted by atomic mass is 9.89. The summed E-state index contributed by atoms with van der Waals surface area (Å²) in [6.07, 6.45) is 5.87. The number of carbonyl (C=O) groups excluding carboxylic acids is 1. The predicted octanol–water partition coefficient (Wildman–Crippen LogP) is 6.72. The van der Waals surface area contributed by atoms with Gasteiger partial charge in [0.05, 0.1) is 32.2 Å². The fourth-order valence-electron chi connectivity index (χ4n) is 4.70. The number of hydrogen-bond donors (Lipinski definition) is 1. The van der Waals surface area contributed by atoms with E-state index in [2.05, 4.69) is 16.0 Å². The van der Waals surface area contributed by atoms with E-state index in [9.17, 15) is 4.79 Å². The molecule has 2 heterocycles. The van der Waals surface area contributed by atoms with Crippen LogP contribution in [0.2, 0.25) is 0 Å². The van der Waals surface area contributed by atoms with Crippen molar-refractivity contribution in [1.29, 1.82) is 0 Å². The highest BCUT2D eigenvalue weighted by atomic mass is 32.1. The SMILES string of the molecule is COc1ccc(OC)c(-c2cc(OC(=O)NCc3sccc3C)c(C)n2CC2CCCCC2)c1. The van der Waals surface area contributed by atoms with Crippen LogP contribution in [0, 0.1) is 19.8 Å². The summed E-state index contributed by atoms with van der Waals surface area (Å²) in [4.78, 5) is 13.8. The summed E-state index contributed by atoms with van der Waals surface area (Å²) in [5.74, 6) is 2.69. The number of nitrogens with one attached hydrogen (secondary N) is 1. The van der Waals surface area contributed by atoms with Crippen LogP contribution >= 0.6 is 11.3 Å². The van der Waals surface area contributed by atoms with Gasteiger partial charge in [0.15, 0.2) is 5.75 Å². The van der Waals surface area contributed by atoms with Crippen molar-refractivity contribution in [1.82, 2.24) is 9.88 Å². The first-order chi connectivity index (χ1) is 16.5. The van der Waals surface area contributed by atoms with E-state index in [-0.39, 0.29) is 0 Å². The third-order valence-electron chi connectivity index (χ3n) is 6.73. The molecule has 1 fully saturated rings. The highest BCUT2D eigenvalue weighted by Gasteiger charge is 2.23. The van der Waals surface area contributed by atoms with Crippen molar-refractivity contribution in [3.63, 3.8) is 0 Å². The largest absolute Gasteiger partial charge is 0.497 e. The molecule has 7 heteroatoms. The van der Waals surface area contributed by atoms with Gasteiger partial charge >= 0.3 is 6.09 Å². The molecule has 6 nitrogen and oxygen atoms in total. The summed E-state index contributed by atoms with van der Waals surface area (Å²) < 4.78 is 19.2. The van der Waals surface area contributed by atoms with Crippen molar-refractivity contribution in [2.45, 2.75) is 59.0 Å². The zero-order valence-electron chi connectivity index (χ0n) is 20.5. The zero-order valence-corrected chi connectivity index (χ0v) is 21.3. The second-order valence-electron chi connectivity index (χ2n) is 8.93. The molecule has 1 aliphatic carbocycles. The van der Waals surface area contributed by atoms with Crippen LogP contribution in [0.3, 0.4) is 0 Å². The van der Waals surface area contributed by atoms with Gasteiger partial charge in [-0.15, -0.1) is 11.3 Å². The molecule has 0 aliphatic heterocycles. The first kappa shape index (κ1) is 24.2. The molecule has 2 aromatic heterocycles. The van der Waals surface area contributed by atoms with Crippen molar-refractivity contribution >= 4 is 17.4 Å². The lowest BCUT2D eigenvalue weighted by Gasteiger charge is -2.24. The summed E-state index contributed by atoms with van der Waals surface area (Å²) in [6, 6.07) is 9.79. The van der Waals surface area contributed by atoms with Crippen LogP contribution in [0.25, 0.3) is 11.3 Å². The molecule has 1 saturated carbocycles. The maximum atomic E-state index is 12.7. The van der Waals surface area contributed by atoms with Gasteiger partial charge in [-0.05, 0) is 67.8 Å². The summed E-state index contributed by atoms with van der Waals surface area (Å²) in [6.45, 7) is 5.41. The van der Waals surface area contributed by atoms with Gasteiger partial charge in [0, 0.05) is 23.1 Å². The van der Waals surface area contributed by atoms with Crippen LogP contribution < -0.4 is 19.5 Å². The van der Waals surface area contributed by atoms with E-state index in [1.807, 2.05) is 43.5 Å².